The topological polar surface area (TPSA) is 38.7 Å². The second-order valence-corrected chi connectivity index (χ2v) is 9.82. The fourth-order valence-corrected chi connectivity index (χ4v) is 6.75. The lowest BCUT2D eigenvalue weighted by molar-refractivity contribution is 0.414. The summed E-state index contributed by atoms with van der Waals surface area (Å²) in [7, 11) is 3.36. The van der Waals surface area contributed by atoms with Crippen LogP contribution in [0.15, 0.2) is 84.9 Å². The zero-order valence-corrected chi connectivity index (χ0v) is 19.9. The molecule has 3 aliphatic carbocycles. The molecule has 1 N–H and O–H groups in total. The lowest BCUT2D eigenvalue weighted by Crippen LogP contribution is -2.27. The standard InChI is InChI=1S/C33H22O3/c1-35-21-7-9-23-25(15-21)29(34)17-28-32(23)24-10-8-22(36-2)16-27(24)33(28)13-12-20-14-19-5-3-4-18-6-11-26(33)31(20)30(18)19/h3-17,34H,1-2H3. The van der Waals surface area contributed by atoms with Gasteiger partial charge in [0.25, 0.3) is 0 Å². The Morgan fingerprint density at radius 2 is 1.56 bits per heavy atom. The van der Waals surface area contributed by atoms with Gasteiger partial charge < -0.3 is 14.6 Å². The van der Waals surface area contributed by atoms with E-state index in [1.807, 2.05) is 24.3 Å². The Bertz CT molecular complexity index is 1870. The van der Waals surface area contributed by atoms with E-state index >= 15 is 0 Å². The highest BCUT2D eigenvalue weighted by atomic mass is 16.5. The van der Waals surface area contributed by atoms with E-state index in [9.17, 15) is 5.11 Å². The van der Waals surface area contributed by atoms with Crippen molar-refractivity contribution in [1.82, 2.24) is 0 Å². The summed E-state index contributed by atoms with van der Waals surface area (Å²) in [6.07, 6.45) is 6.87. The highest BCUT2D eigenvalue weighted by molar-refractivity contribution is 6.15. The summed E-state index contributed by atoms with van der Waals surface area (Å²) in [5.41, 5.74) is 9.09. The molecule has 0 fully saturated rings. The third-order valence-corrected chi connectivity index (χ3v) is 8.28. The van der Waals surface area contributed by atoms with Crippen LogP contribution in [-0.4, -0.2) is 19.3 Å². The lowest BCUT2D eigenvalue weighted by atomic mass is 9.67. The van der Waals surface area contributed by atoms with E-state index in [0.29, 0.717) is 0 Å². The summed E-state index contributed by atoms with van der Waals surface area (Å²) in [6.45, 7) is 0. The second-order valence-electron chi connectivity index (χ2n) is 9.82. The van der Waals surface area contributed by atoms with Crippen molar-refractivity contribution in [2.75, 3.05) is 14.2 Å². The number of rotatable bonds is 2. The minimum Gasteiger partial charge on any atom is -0.507 e. The maximum Gasteiger partial charge on any atom is 0.123 e. The fraction of sp³-hybridized carbons (Fsp3) is 0.0909. The van der Waals surface area contributed by atoms with Gasteiger partial charge in [-0.1, -0.05) is 48.6 Å². The van der Waals surface area contributed by atoms with Crippen molar-refractivity contribution < 1.29 is 14.6 Å². The molecule has 3 nitrogen and oxygen atoms in total. The van der Waals surface area contributed by atoms with E-state index in [1.54, 1.807) is 14.2 Å². The Morgan fingerprint density at radius 1 is 0.722 bits per heavy atom. The summed E-state index contributed by atoms with van der Waals surface area (Å²) < 4.78 is 11.2. The van der Waals surface area contributed by atoms with Gasteiger partial charge in [0.2, 0.25) is 0 Å². The highest BCUT2D eigenvalue weighted by Gasteiger charge is 2.48. The third-order valence-electron chi connectivity index (χ3n) is 8.28. The average Bonchev–Trinajstić information content (AvgIpc) is 3.43. The molecule has 0 saturated heterocycles. The fourth-order valence-electron chi connectivity index (χ4n) is 6.75. The van der Waals surface area contributed by atoms with Gasteiger partial charge >= 0.3 is 0 Å². The van der Waals surface area contributed by atoms with Crippen LogP contribution in [0.5, 0.6) is 17.2 Å². The zero-order valence-electron chi connectivity index (χ0n) is 19.9. The molecule has 3 heteroatoms. The molecule has 1 atom stereocenters. The monoisotopic (exact) mass is 466 g/mol. The largest absolute Gasteiger partial charge is 0.507 e. The van der Waals surface area contributed by atoms with Gasteiger partial charge in [-0.3, -0.25) is 0 Å². The first kappa shape index (κ1) is 19.8. The maximum absolute atomic E-state index is 11.3. The summed E-state index contributed by atoms with van der Waals surface area (Å²) in [5.74, 6) is 1.81. The maximum atomic E-state index is 11.3. The van der Waals surface area contributed by atoms with Crippen LogP contribution in [0.1, 0.15) is 27.8 Å². The molecule has 5 aromatic rings. The number of hydrogen-bond donors (Lipinski definition) is 1. The predicted molar refractivity (Wildman–Crippen MR) is 145 cm³/mol. The van der Waals surface area contributed by atoms with E-state index < -0.39 is 5.41 Å². The van der Waals surface area contributed by atoms with Crippen molar-refractivity contribution in [3.63, 3.8) is 0 Å². The molecule has 172 valence electrons. The van der Waals surface area contributed by atoms with Crippen LogP contribution < -0.4 is 9.47 Å². The van der Waals surface area contributed by atoms with Crippen LogP contribution in [0.2, 0.25) is 0 Å². The first-order valence-corrected chi connectivity index (χ1v) is 12.1. The predicted octanol–water partition coefficient (Wildman–Crippen LogP) is 7.45. The number of phenolic OH excluding ortho intramolecular Hbond substituents is 1. The molecule has 1 spiro atoms. The molecule has 0 radical (unpaired) electrons. The molecule has 8 rings (SSSR count). The Kier molecular flexibility index (Phi) is 3.61. The number of hydrogen-bond acceptors (Lipinski definition) is 3. The zero-order chi connectivity index (χ0) is 24.2. The Labute approximate surface area is 208 Å². The second kappa shape index (κ2) is 6.58. The van der Waals surface area contributed by atoms with E-state index in [2.05, 4.69) is 66.8 Å². The average molecular weight is 467 g/mol. The number of aromatic hydroxyl groups is 1. The van der Waals surface area contributed by atoms with Gasteiger partial charge in [0.1, 0.15) is 17.2 Å². The number of ether oxygens (including phenoxy) is 2. The van der Waals surface area contributed by atoms with Gasteiger partial charge in [0.05, 0.1) is 19.6 Å². The Balaban J connectivity index is 1.56. The molecular formula is C33H22O3. The van der Waals surface area contributed by atoms with E-state index in [1.165, 1.54) is 38.6 Å². The van der Waals surface area contributed by atoms with Gasteiger partial charge in [-0.25, -0.2) is 0 Å². The van der Waals surface area contributed by atoms with Crippen LogP contribution in [0.3, 0.4) is 0 Å². The third kappa shape index (κ3) is 2.19. The van der Waals surface area contributed by atoms with Gasteiger partial charge in [0, 0.05) is 5.39 Å². The molecular weight excluding hydrogens is 444 g/mol. The lowest BCUT2D eigenvalue weighted by Gasteiger charge is -2.35. The number of fused-ring (bicyclic) bond motifs is 8. The van der Waals surface area contributed by atoms with Crippen LogP contribution in [0, 0.1) is 0 Å². The molecule has 0 amide bonds. The van der Waals surface area contributed by atoms with Crippen molar-refractivity contribution in [1.29, 1.82) is 0 Å². The molecule has 0 aromatic heterocycles. The Hall–Kier alpha value is -4.50. The first-order valence-electron chi connectivity index (χ1n) is 12.1. The Morgan fingerprint density at radius 3 is 2.42 bits per heavy atom. The molecule has 5 aromatic carbocycles. The highest BCUT2D eigenvalue weighted by Crippen LogP contribution is 2.61. The molecule has 3 aliphatic rings. The van der Waals surface area contributed by atoms with E-state index in [-0.39, 0.29) is 5.75 Å². The molecule has 0 heterocycles. The van der Waals surface area contributed by atoms with Gasteiger partial charge in [0.15, 0.2) is 0 Å². The minimum atomic E-state index is -0.539. The normalized spacial score (nSPS) is 18.0. The summed E-state index contributed by atoms with van der Waals surface area (Å²) in [6, 6.07) is 25.3. The molecule has 36 heavy (non-hydrogen) atoms. The van der Waals surface area contributed by atoms with Gasteiger partial charge in [-0.2, -0.15) is 0 Å². The number of allylic oxidation sites excluding steroid dienone is 3. The van der Waals surface area contributed by atoms with Crippen molar-refractivity contribution in [3.05, 3.63) is 113 Å². The number of benzene rings is 5. The van der Waals surface area contributed by atoms with Crippen molar-refractivity contribution >= 4 is 33.2 Å². The van der Waals surface area contributed by atoms with Crippen molar-refractivity contribution in [3.8, 4) is 28.4 Å². The first-order chi connectivity index (χ1) is 17.6. The van der Waals surface area contributed by atoms with Crippen LogP contribution in [0.25, 0.3) is 44.3 Å². The van der Waals surface area contributed by atoms with E-state index in [4.69, 9.17) is 9.47 Å². The molecule has 0 saturated carbocycles. The van der Waals surface area contributed by atoms with Crippen molar-refractivity contribution in [2.45, 2.75) is 5.41 Å². The molecule has 1 unspecified atom stereocenters. The number of methoxy groups -OCH3 is 2. The van der Waals surface area contributed by atoms with Crippen molar-refractivity contribution in [2.24, 2.45) is 0 Å². The SMILES string of the molecule is COc1ccc2c(c1)C1(C=CC3=Cc4cccc5ccc1c3c45)c1cc(O)c3cc(OC)ccc3c1-2. The van der Waals surface area contributed by atoms with Gasteiger partial charge in [-0.15, -0.1) is 0 Å². The van der Waals surface area contributed by atoms with E-state index in [0.717, 1.165) is 39.0 Å². The van der Waals surface area contributed by atoms with Crippen LogP contribution >= 0.6 is 0 Å². The van der Waals surface area contributed by atoms with Crippen LogP contribution in [0.4, 0.5) is 0 Å². The molecule has 0 bridgehead atoms. The summed E-state index contributed by atoms with van der Waals surface area (Å²) >= 11 is 0. The number of phenols is 1. The smallest absolute Gasteiger partial charge is 0.123 e. The van der Waals surface area contributed by atoms with Crippen LogP contribution in [-0.2, 0) is 5.41 Å². The quantitative estimate of drug-likeness (QED) is 0.294. The van der Waals surface area contributed by atoms with Gasteiger partial charge in [-0.05, 0) is 103 Å². The summed E-state index contributed by atoms with van der Waals surface area (Å²) in [4.78, 5) is 0. The molecule has 0 aliphatic heterocycles. The summed E-state index contributed by atoms with van der Waals surface area (Å²) in [5, 5.41) is 15.7. The minimum absolute atomic E-state index is 0.259.